The molecule has 0 heterocycles. The molecule has 0 aliphatic carbocycles. The van der Waals surface area contributed by atoms with Gasteiger partial charge in [-0.1, -0.05) is 11.6 Å². The molecule has 0 spiro atoms. The fraction of sp³-hybridized carbons (Fsp3) is 0.417. The van der Waals surface area contributed by atoms with Gasteiger partial charge in [-0.3, -0.25) is 0 Å². The van der Waals surface area contributed by atoms with E-state index in [1.165, 1.54) is 6.07 Å². The molecule has 118 valence electrons. The van der Waals surface area contributed by atoms with Crippen molar-refractivity contribution in [1.82, 2.24) is 5.32 Å². The summed E-state index contributed by atoms with van der Waals surface area (Å²) in [5.74, 6) is -0.802. The van der Waals surface area contributed by atoms with E-state index in [0.717, 1.165) is 26.0 Å². The third kappa shape index (κ3) is 4.75. The van der Waals surface area contributed by atoms with Crippen LogP contribution in [-0.4, -0.2) is 29.0 Å². The van der Waals surface area contributed by atoms with Gasteiger partial charge in [0.25, 0.3) is 0 Å². The van der Waals surface area contributed by atoms with E-state index in [2.05, 4.69) is 0 Å². The molecule has 0 aliphatic rings. The van der Waals surface area contributed by atoms with Crippen molar-refractivity contribution >= 4 is 23.3 Å². The minimum absolute atomic E-state index is 0.140. The van der Waals surface area contributed by atoms with Crippen LogP contribution >= 0.6 is 11.6 Å². The highest BCUT2D eigenvalue weighted by atomic mass is 35.5. The van der Waals surface area contributed by atoms with E-state index in [-0.39, 0.29) is 10.7 Å². The van der Waals surface area contributed by atoms with Crippen molar-refractivity contribution in [2.45, 2.75) is 31.7 Å². The van der Waals surface area contributed by atoms with Crippen LogP contribution in [0.1, 0.15) is 13.8 Å². The van der Waals surface area contributed by atoms with Crippen molar-refractivity contribution in [1.29, 1.82) is 0 Å². The topological polar surface area (TPSA) is 61.4 Å². The van der Waals surface area contributed by atoms with E-state index in [1.807, 2.05) is 10.6 Å². The number of benzene rings is 1. The van der Waals surface area contributed by atoms with Crippen molar-refractivity contribution in [3.8, 4) is 0 Å². The summed E-state index contributed by atoms with van der Waals surface area (Å²) in [6.45, 7) is 1.97. The van der Waals surface area contributed by atoms with Gasteiger partial charge in [0, 0.05) is 5.02 Å². The molecule has 2 amide bonds. The van der Waals surface area contributed by atoms with Gasteiger partial charge < -0.3 is 15.7 Å². The summed E-state index contributed by atoms with van der Waals surface area (Å²) >= 11 is 5.62. The molecule has 0 saturated carbocycles. The Morgan fingerprint density at radius 2 is 1.90 bits per heavy atom. The van der Waals surface area contributed by atoms with Crippen LogP contribution in [0.3, 0.4) is 0 Å². The Labute approximate surface area is 123 Å². The lowest BCUT2D eigenvalue weighted by Crippen LogP contribution is -2.58. The summed E-state index contributed by atoms with van der Waals surface area (Å²) in [6.07, 6.45) is -7.68. The maximum Gasteiger partial charge on any atom is 0.416 e. The van der Waals surface area contributed by atoms with Gasteiger partial charge in [-0.25, -0.2) is 9.18 Å². The SMILES string of the molecule is CC(C)(NC(=O)Nc1cc(Cl)ccc1F)C(O)C(F)(F)F. The van der Waals surface area contributed by atoms with E-state index in [9.17, 15) is 22.4 Å². The second kappa shape index (κ2) is 6.07. The molecule has 3 N–H and O–H groups in total. The number of nitrogens with one attached hydrogen (secondary N) is 2. The molecule has 0 aromatic heterocycles. The predicted octanol–water partition coefficient (Wildman–Crippen LogP) is 3.30. The monoisotopic (exact) mass is 328 g/mol. The van der Waals surface area contributed by atoms with Gasteiger partial charge in [-0.15, -0.1) is 0 Å². The number of alkyl halides is 3. The lowest BCUT2D eigenvalue weighted by atomic mass is 9.97. The largest absolute Gasteiger partial charge is 0.416 e. The first kappa shape index (κ1) is 17.5. The Morgan fingerprint density at radius 3 is 2.43 bits per heavy atom. The minimum Gasteiger partial charge on any atom is -0.382 e. The predicted molar refractivity (Wildman–Crippen MR) is 69.7 cm³/mol. The smallest absolute Gasteiger partial charge is 0.382 e. The van der Waals surface area contributed by atoms with E-state index in [1.54, 1.807) is 0 Å². The molecule has 1 aromatic rings. The van der Waals surface area contributed by atoms with Crippen molar-refractivity contribution in [3.63, 3.8) is 0 Å². The maximum atomic E-state index is 13.4. The second-order valence-electron chi connectivity index (χ2n) is 4.87. The fourth-order valence-corrected chi connectivity index (χ4v) is 1.69. The van der Waals surface area contributed by atoms with E-state index in [0.29, 0.717) is 0 Å². The molecule has 1 rings (SSSR count). The molecule has 0 fully saturated rings. The van der Waals surface area contributed by atoms with Crippen molar-refractivity contribution in [2.24, 2.45) is 0 Å². The van der Waals surface area contributed by atoms with E-state index >= 15 is 0 Å². The molecule has 0 saturated heterocycles. The first-order valence-electron chi connectivity index (χ1n) is 5.72. The molecular weight excluding hydrogens is 316 g/mol. The molecule has 0 bridgehead atoms. The first-order chi connectivity index (χ1) is 9.43. The van der Waals surface area contributed by atoms with Crippen LogP contribution in [0.4, 0.5) is 28.0 Å². The van der Waals surface area contributed by atoms with Crippen LogP contribution in [-0.2, 0) is 0 Å². The van der Waals surface area contributed by atoms with Crippen LogP contribution in [0.5, 0.6) is 0 Å². The number of halogens is 5. The van der Waals surface area contributed by atoms with Crippen LogP contribution < -0.4 is 10.6 Å². The lowest BCUT2D eigenvalue weighted by molar-refractivity contribution is -0.221. The number of amides is 2. The van der Waals surface area contributed by atoms with E-state index < -0.39 is 29.7 Å². The molecule has 1 atom stereocenters. The summed E-state index contributed by atoms with van der Waals surface area (Å²) in [5.41, 5.74) is -2.30. The number of hydrogen-bond acceptors (Lipinski definition) is 2. The number of carbonyl (C=O) groups is 1. The summed E-state index contributed by atoms with van der Waals surface area (Å²) in [7, 11) is 0. The fourth-order valence-electron chi connectivity index (χ4n) is 1.52. The summed E-state index contributed by atoms with van der Waals surface area (Å²) in [6, 6.07) is 2.23. The number of rotatable bonds is 3. The van der Waals surface area contributed by atoms with Gasteiger partial charge in [0.2, 0.25) is 0 Å². The Kier molecular flexibility index (Phi) is 5.06. The molecule has 1 unspecified atom stereocenters. The number of aliphatic hydroxyl groups is 1. The summed E-state index contributed by atoms with van der Waals surface area (Å²) in [5, 5.41) is 13.3. The third-order valence-electron chi connectivity index (χ3n) is 2.61. The first-order valence-corrected chi connectivity index (χ1v) is 6.10. The number of aliphatic hydroxyl groups excluding tert-OH is 1. The maximum absolute atomic E-state index is 13.4. The van der Waals surface area contributed by atoms with Gasteiger partial charge in [0.05, 0.1) is 11.2 Å². The van der Waals surface area contributed by atoms with Crippen molar-refractivity contribution in [3.05, 3.63) is 29.0 Å². The van der Waals surface area contributed by atoms with Gasteiger partial charge >= 0.3 is 12.2 Å². The van der Waals surface area contributed by atoms with Crippen molar-refractivity contribution in [2.75, 3.05) is 5.32 Å². The van der Waals surface area contributed by atoms with Gasteiger partial charge in [0.15, 0.2) is 6.10 Å². The lowest BCUT2D eigenvalue weighted by Gasteiger charge is -2.32. The average Bonchev–Trinajstić information content (AvgIpc) is 2.31. The summed E-state index contributed by atoms with van der Waals surface area (Å²) in [4.78, 5) is 11.6. The Morgan fingerprint density at radius 1 is 1.33 bits per heavy atom. The molecule has 0 aliphatic heterocycles. The number of hydrogen-bond donors (Lipinski definition) is 3. The van der Waals surface area contributed by atoms with Gasteiger partial charge in [0.1, 0.15) is 5.82 Å². The van der Waals surface area contributed by atoms with Crippen LogP contribution in [0, 0.1) is 5.82 Å². The molecule has 4 nitrogen and oxygen atoms in total. The number of carbonyl (C=O) groups excluding carboxylic acids is 1. The average molecular weight is 329 g/mol. The Balaban J connectivity index is 2.79. The van der Waals surface area contributed by atoms with Crippen molar-refractivity contribution < 1.29 is 27.5 Å². The minimum atomic E-state index is -4.90. The normalized spacial score (nSPS) is 13.7. The molecule has 1 aromatic carbocycles. The molecule has 9 heteroatoms. The zero-order chi connectivity index (χ0) is 16.4. The Hall–Kier alpha value is -1.54. The standard InChI is InChI=1S/C12H13ClF4N2O2/c1-11(2,9(20)12(15,16)17)19-10(21)18-8-5-6(13)3-4-7(8)14/h3-5,9,20H,1-2H3,(H2,18,19,21). The van der Waals surface area contributed by atoms with E-state index in [4.69, 9.17) is 16.7 Å². The van der Waals surface area contributed by atoms with Crippen LogP contribution in [0.15, 0.2) is 18.2 Å². The Bertz CT molecular complexity index is 534. The number of urea groups is 1. The third-order valence-corrected chi connectivity index (χ3v) is 2.84. The van der Waals surface area contributed by atoms with Gasteiger partial charge in [-0.05, 0) is 32.0 Å². The summed E-state index contributed by atoms with van der Waals surface area (Å²) < 4.78 is 50.7. The molecule has 0 radical (unpaired) electrons. The van der Waals surface area contributed by atoms with Crippen LogP contribution in [0.25, 0.3) is 0 Å². The van der Waals surface area contributed by atoms with Crippen LogP contribution in [0.2, 0.25) is 5.02 Å². The zero-order valence-corrected chi connectivity index (χ0v) is 11.8. The van der Waals surface area contributed by atoms with Gasteiger partial charge in [-0.2, -0.15) is 13.2 Å². The quantitative estimate of drug-likeness (QED) is 0.746. The highest BCUT2D eigenvalue weighted by Crippen LogP contribution is 2.28. The molecule has 21 heavy (non-hydrogen) atoms. The highest BCUT2D eigenvalue weighted by molar-refractivity contribution is 6.30. The second-order valence-corrected chi connectivity index (χ2v) is 5.31. The molecular formula is C12H13ClF4N2O2. The highest BCUT2D eigenvalue weighted by Gasteiger charge is 2.48. The number of anilines is 1. The zero-order valence-electron chi connectivity index (χ0n) is 11.1.